The minimum Gasteiger partial charge on any atom is -0.487 e. The number of hydrogen-bond donors (Lipinski definition) is 1. The number of carbonyl (C=O) groups is 1. The highest BCUT2D eigenvalue weighted by molar-refractivity contribution is 7.89. The molecule has 1 N–H and O–H groups in total. The van der Waals surface area contributed by atoms with Gasteiger partial charge in [0.15, 0.2) is 5.75 Å². The molecular weight excluding hydrogens is 410 g/mol. The van der Waals surface area contributed by atoms with Crippen molar-refractivity contribution in [2.24, 2.45) is 0 Å². The lowest BCUT2D eigenvalue weighted by molar-refractivity contribution is -0.385. The van der Waals surface area contributed by atoms with Crippen molar-refractivity contribution in [3.63, 3.8) is 0 Å². The van der Waals surface area contributed by atoms with Crippen LogP contribution in [0.3, 0.4) is 0 Å². The number of ether oxygens (including phenoxy) is 1. The summed E-state index contributed by atoms with van der Waals surface area (Å²) in [7, 11) is -3.64. The molecule has 0 spiro atoms. The van der Waals surface area contributed by atoms with E-state index >= 15 is 0 Å². The lowest BCUT2D eigenvalue weighted by Gasteiger charge is -2.26. The Morgan fingerprint density at radius 1 is 1.17 bits per heavy atom. The summed E-state index contributed by atoms with van der Waals surface area (Å²) in [6.07, 6.45) is 2.66. The predicted molar refractivity (Wildman–Crippen MR) is 111 cm³/mol. The summed E-state index contributed by atoms with van der Waals surface area (Å²) in [5.41, 5.74) is 0.0370. The van der Waals surface area contributed by atoms with Crippen LogP contribution < -0.4 is 10.1 Å². The van der Waals surface area contributed by atoms with Crippen LogP contribution in [0.4, 0.5) is 11.4 Å². The Kier molecular flexibility index (Phi) is 6.68. The van der Waals surface area contributed by atoms with Crippen molar-refractivity contribution in [1.29, 1.82) is 0 Å². The number of anilines is 1. The summed E-state index contributed by atoms with van der Waals surface area (Å²) in [6, 6.07) is 9.92. The molecule has 0 aliphatic carbocycles. The molecule has 1 aliphatic heterocycles. The monoisotopic (exact) mass is 433 g/mol. The fraction of sp³-hybridized carbons (Fsp3) is 0.350. The average Bonchev–Trinajstić information content (AvgIpc) is 2.75. The zero-order valence-corrected chi connectivity index (χ0v) is 17.4. The van der Waals surface area contributed by atoms with Crippen LogP contribution in [0.25, 0.3) is 0 Å². The second kappa shape index (κ2) is 9.23. The van der Waals surface area contributed by atoms with Crippen LogP contribution in [0.2, 0.25) is 0 Å². The highest BCUT2D eigenvalue weighted by Gasteiger charge is 2.26. The lowest BCUT2D eigenvalue weighted by Crippen LogP contribution is -2.35. The van der Waals surface area contributed by atoms with Gasteiger partial charge in [-0.3, -0.25) is 14.9 Å². The molecular formula is C20H23N3O6S. The molecule has 30 heavy (non-hydrogen) atoms. The van der Waals surface area contributed by atoms with Crippen LogP contribution in [0.5, 0.6) is 5.75 Å². The third kappa shape index (κ3) is 4.77. The minimum absolute atomic E-state index is 0.0643. The van der Waals surface area contributed by atoms with Gasteiger partial charge < -0.3 is 10.1 Å². The van der Waals surface area contributed by atoms with E-state index in [4.69, 9.17) is 4.74 Å². The number of carbonyl (C=O) groups excluding carboxylic acids is 1. The number of nitrogens with one attached hydrogen (secondary N) is 1. The number of piperidine rings is 1. The number of amides is 1. The van der Waals surface area contributed by atoms with Crippen molar-refractivity contribution in [3.8, 4) is 5.75 Å². The molecule has 2 aromatic rings. The zero-order valence-electron chi connectivity index (χ0n) is 16.5. The molecule has 1 aliphatic rings. The first-order valence-corrected chi connectivity index (χ1v) is 11.1. The maximum atomic E-state index is 12.8. The van der Waals surface area contributed by atoms with Crippen molar-refractivity contribution in [2.75, 3.05) is 25.0 Å². The Bertz CT molecular complexity index is 1050. The molecule has 3 rings (SSSR count). The quantitative estimate of drug-likeness (QED) is 0.528. The third-order valence-electron chi connectivity index (χ3n) is 4.76. The Morgan fingerprint density at radius 3 is 2.57 bits per heavy atom. The van der Waals surface area contributed by atoms with Gasteiger partial charge in [0.05, 0.1) is 16.4 Å². The largest absolute Gasteiger partial charge is 0.487 e. The molecule has 2 aromatic carbocycles. The molecule has 0 atom stereocenters. The SMILES string of the molecule is CCOc1ccc(C(=O)Nc2cccc(S(=O)(=O)N3CCCCC3)c2)cc1[N+](=O)[O-]. The summed E-state index contributed by atoms with van der Waals surface area (Å²) in [5, 5.41) is 13.9. The Labute approximate surface area is 174 Å². The van der Waals surface area contributed by atoms with Gasteiger partial charge in [-0.25, -0.2) is 8.42 Å². The van der Waals surface area contributed by atoms with Crippen LogP contribution in [-0.4, -0.2) is 43.2 Å². The zero-order chi connectivity index (χ0) is 21.7. The van der Waals surface area contributed by atoms with E-state index in [1.54, 1.807) is 19.1 Å². The molecule has 9 nitrogen and oxygen atoms in total. The maximum Gasteiger partial charge on any atom is 0.311 e. The summed E-state index contributed by atoms with van der Waals surface area (Å²) in [6.45, 7) is 2.92. The highest BCUT2D eigenvalue weighted by atomic mass is 32.2. The summed E-state index contributed by atoms with van der Waals surface area (Å²) in [5.74, 6) is -0.512. The smallest absolute Gasteiger partial charge is 0.311 e. The van der Waals surface area contributed by atoms with Gasteiger partial charge in [-0.1, -0.05) is 12.5 Å². The van der Waals surface area contributed by atoms with Crippen LogP contribution in [0.15, 0.2) is 47.4 Å². The first-order chi connectivity index (χ1) is 14.3. The summed E-state index contributed by atoms with van der Waals surface area (Å²) < 4.78 is 32.3. The van der Waals surface area contributed by atoms with Crippen LogP contribution >= 0.6 is 0 Å². The Hall–Kier alpha value is -2.98. The molecule has 1 saturated heterocycles. The molecule has 1 heterocycles. The van der Waals surface area contributed by atoms with E-state index < -0.39 is 20.9 Å². The van der Waals surface area contributed by atoms with Gasteiger partial charge >= 0.3 is 5.69 Å². The summed E-state index contributed by atoms with van der Waals surface area (Å²) in [4.78, 5) is 23.3. The van der Waals surface area contributed by atoms with Gasteiger partial charge in [0.1, 0.15) is 0 Å². The number of nitro groups is 1. The Balaban J connectivity index is 1.82. The number of rotatable bonds is 7. The van der Waals surface area contributed by atoms with Crippen molar-refractivity contribution >= 4 is 27.3 Å². The van der Waals surface area contributed by atoms with E-state index in [0.29, 0.717) is 13.1 Å². The van der Waals surface area contributed by atoms with Gasteiger partial charge in [0.25, 0.3) is 5.91 Å². The van der Waals surface area contributed by atoms with E-state index in [1.807, 2.05) is 0 Å². The van der Waals surface area contributed by atoms with Crippen LogP contribution in [0.1, 0.15) is 36.5 Å². The van der Waals surface area contributed by atoms with Crippen molar-refractivity contribution < 1.29 is 22.9 Å². The van der Waals surface area contributed by atoms with Crippen LogP contribution in [0, 0.1) is 10.1 Å². The Morgan fingerprint density at radius 2 is 1.90 bits per heavy atom. The van der Waals surface area contributed by atoms with Gasteiger partial charge in [-0.05, 0) is 50.1 Å². The third-order valence-corrected chi connectivity index (χ3v) is 6.66. The maximum absolute atomic E-state index is 12.8. The number of nitro benzene ring substituents is 1. The molecule has 0 saturated carbocycles. The molecule has 0 unspecified atom stereocenters. The predicted octanol–water partition coefficient (Wildman–Crippen LogP) is 3.42. The van der Waals surface area contributed by atoms with Crippen molar-refractivity contribution in [2.45, 2.75) is 31.1 Å². The molecule has 1 amide bonds. The standard InChI is InChI=1S/C20H23N3O6S/c1-2-29-19-10-9-15(13-18(19)23(25)26)20(24)21-16-7-6-8-17(14-16)30(27,28)22-11-4-3-5-12-22/h6-10,13-14H,2-5,11-12H2,1H3,(H,21,24). The number of sulfonamides is 1. The number of nitrogens with zero attached hydrogens (tertiary/aromatic N) is 2. The van der Waals surface area contributed by atoms with Crippen LogP contribution in [-0.2, 0) is 10.0 Å². The first-order valence-electron chi connectivity index (χ1n) is 9.65. The fourth-order valence-corrected chi connectivity index (χ4v) is 4.83. The molecule has 0 aromatic heterocycles. The topological polar surface area (TPSA) is 119 Å². The van der Waals surface area contributed by atoms with Gasteiger partial charge in [0, 0.05) is 30.4 Å². The number of benzene rings is 2. The molecule has 10 heteroatoms. The van der Waals surface area contributed by atoms with Crippen molar-refractivity contribution in [3.05, 3.63) is 58.1 Å². The second-order valence-corrected chi connectivity index (χ2v) is 8.76. The molecule has 0 radical (unpaired) electrons. The van der Waals surface area contributed by atoms with E-state index in [0.717, 1.165) is 25.3 Å². The minimum atomic E-state index is -3.64. The van der Waals surface area contributed by atoms with Gasteiger partial charge in [-0.15, -0.1) is 0 Å². The number of hydrogen-bond acceptors (Lipinski definition) is 6. The van der Waals surface area contributed by atoms with E-state index in [-0.39, 0.29) is 34.2 Å². The molecule has 0 bridgehead atoms. The molecule has 1 fully saturated rings. The molecule has 160 valence electrons. The van der Waals surface area contributed by atoms with E-state index in [1.165, 1.54) is 28.6 Å². The normalized spacial score (nSPS) is 14.8. The average molecular weight is 433 g/mol. The van der Waals surface area contributed by atoms with Gasteiger partial charge in [-0.2, -0.15) is 4.31 Å². The highest BCUT2D eigenvalue weighted by Crippen LogP contribution is 2.29. The first kappa shape index (κ1) is 21.7. The second-order valence-electron chi connectivity index (χ2n) is 6.82. The van der Waals surface area contributed by atoms with Gasteiger partial charge in [0.2, 0.25) is 10.0 Å². The lowest BCUT2D eigenvalue weighted by atomic mass is 10.1. The van der Waals surface area contributed by atoms with E-state index in [2.05, 4.69) is 5.32 Å². The van der Waals surface area contributed by atoms with E-state index in [9.17, 15) is 23.3 Å². The fourth-order valence-electron chi connectivity index (χ4n) is 3.27. The van der Waals surface area contributed by atoms with Crippen molar-refractivity contribution in [1.82, 2.24) is 4.31 Å². The summed E-state index contributed by atoms with van der Waals surface area (Å²) >= 11 is 0.